The molecule has 1 saturated heterocycles. The zero-order chi connectivity index (χ0) is 19.2. The van der Waals surface area contributed by atoms with Gasteiger partial charge in [-0.2, -0.15) is 0 Å². The van der Waals surface area contributed by atoms with Crippen LogP contribution >= 0.6 is 0 Å². The first-order valence-electron chi connectivity index (χ1n) is 10.2. The number of hydrogen-bond donors (Lipinski definition) is 1. The molecule has 0 aromatic carbocycles. The molecule has 1 saturated carbocycles. The lowest BCUT2D eigenvalue weighted by molar-refractivity contribution is 0.0822. The van der Waals surface area contributed by atoms with Gasteiger partial charge in [0, 0.05) is 39.3 Å². The molecule has 1 atom stereocenters. The largest absolute Gasteiger partial charge is 0.343 e. The number of urea groups is 1. The molecule has 0 bridgehead atoms. The van der Waals surface area contributed by atoms with Gasteiger partial charge in [0.2, 0.25) is 0 Å². The number of nitrogens with zero attached hydrogens (tertiary/aromatic N) is 5. The fourth-order valence-corrected chi connectivity index (χ4v) is 4.09. The van der Waals surface area contributed by atoms with Crippen LogP contribution in [0.1, 0.15) is 68.3 Å². The summed E-state index contributed by atoms with van der Waals surface area (Å²) in [5.74, 6) is -0.146. The average molecular weight is 377 g/mol. The topological polar surface area (TPSA) is 83.4 Å². The third-order valence-electron chi connectivity index (χ3n) is 5.68. The Morgan fingerprint density at radius 3 is 2.63 bits per heavy atom. The van der Waals surface area contributed by atoms with E-state index in [0.29, 0.717) is 18.3 Å². The second kappa shape index (κ2) is 9.19. The van der Waals surface area contributed by atoms with Crippen molar-refractivity contribution in [3.8, 4) is 0 Å². The second-order valence-corrected chi connectivity index (χ2v) is 7.98. The van der Waals surface area contributed by atoms with Gasteiger partial charge >= 0.3 is 6.03 Å². The number of aromatic nitrogens is 3. The van der Waals surface area contributed by atoms with Crippen LogP contribution in [0.4, 0.5) is 4.79 Å². The molecule has 3 rings (SSSR count). The maximum atomic E-state index is 12.8. The van der Waals surface area contributed by atoms with Gasteiger partial charge in [-0.3, -0.25) is 9.48 Å². The summed E-state index contributed by atoms with van der Waals surface area (Å²) in [6.07, 6.45) is 11.7. The molecule has 0 spiro atoms. The highest BCUT2D eigenvalue weighted by molar-refractivity contribution is 5.91. The van der Waals surface area contributed by atoms with Gasteiger partial charge in [-0.15, -0.1) is 5.10 Å². The predicted octanol–water partition coefficient (Wildman–Crippen LogP) is 2.27. The number of amides is 3. The van der Waals surface area contributed by atoms with Gasteiger partial charge in [-0.05, 0) is 38.5 Å². The summed E-state index contributed by atoms with van der Waals surface area (Å²) in [6.45, 7) is 1.48. The fourth-order valence-electron chi connectivity index (χ4n) is 4.09. The fraction of sp³-hybridized carbons (Fsp3) is 0.789. The molecule has 1 aromatic rings. The van der Waals surface area contributed by atoms with E-state index < -0.39 is 0 Å². The molecule has 8 heteroatoms. The Hall–Kier alpha value is -2.12. The van der Waals surface area contributed by atoms with E-state index in [1.165, 1.54) is 24.2 Å². The van der Waals surface area contributed by atoms with Crippen molar-refractivity contribution < 1.29 is 9.59 Å². The average Bonchev–Trinajstić information content (AvgIpc) is 3.15. The highest BCUT2D eigenvalue weighted by Gasteiger charge is 2.28. The van der Waals surface area contributed by atoms with Gasteiger partial charge in [0.1, 0.15) is 0 Å². The Labute approximate surface area is 161 Å². The minimum absolute atomic E-state index is 0.0914. The van der Waals surface area contributed by atoms with Crippen LogP contribution in [0.5, 0.6) is 0 Å². The van der Waals surface area contributed by atoms with Gasteiger partial charge < -0.3 is 15.1 Å². The predicted molar refractivity (Wildman–Crippen MR) is 102 cm³/mol. The molecule has 150 valence electrons. The van der Waals surface area contributed by atoms with Gasteiger partial charge in [-0.1, -0.05) is 24.5 Å². The molecule has 8 nitrogen and oxygen atoms in total. The van der Waals surface area contributed by atoms with Crippen LogP contribution in [-0.4, -0.2) is 69.5 Å². The molecule has 0 radical (unpaired) electrons. The van der Waals surface area contributed by atoms with Crippen molar-refractivity contribution >= 4 is 11.9 Å². The number of carbonyl (C=O) groups excluding carboxylic acids is 2. The van der Waals surface area contributed by atoms with Crippen molar-refractivity contribution in [3.05, 3.63) is 11.9 Å². The van der Waals surface area contributed by atoms with E-state index in [1.807, 2.05) is 4.90 Å². The van der Waals surface area contributed by atoms with E-state index in [4.69, 9.17) is 0 Å². The summed E-state index contributed by atoms with van der Waals surface area (Å²) in [6, 6.07) is 0.650. The van der Waals surface area contributed by atoms with Crippen LogP contribution in [0.2, 0.25) is 0 Å². The Morgan fingerprint density at radius 2 is 1.89 bits per heavy atom. The first-order chi connectivity index (χ1) is 13.0. The zero-order valence-corrected chi connectivity index (χ0v) is 16.6. The van der Waals surface area contributed by atoms with Gasteiger partial charge in [0.15, 0.2) is 5.69 Å². The lowest BCUT2D eigenvalue weighted by atomic mass is 9.95. The number of rotatable bonds is 5. The number of piperidine rings is 1. The molecule has 1 aromatic heterocycles. The molecule has 1 aliphatic carbocycles. The summed E-state index contributed by atoms with van der Waals surface area (Å²) in [5.41, 5.74) is 0.357. The highest BCUT2D eigenvalue weighted by atomic mass is 16.2. The SMILES string of the molecule is CN(C)C(=O)c1cn(CCC2CCCCN2C(=O)NC2CCCCC2)nn1. The van der Waals surface area contributed by atoms with Crippen LogP contribution in [0.3, 0.4) is 0 Å². The summed E-state index contributed by atoms with van der Waals surface area (Å²) in [5, 5.41) is 11.3. The molecular weight excluding hydrogens is 344 g/mol. The van der Waals surface area contributed by atoms with Gasteiger partial charge in [-0.25, -0.2) is 4.79 Å². The lowest BCUT2D eigenvalue weighted by Gasteiger charge is -2.37. The Morgan fingerprint density at radius 1 is 1.15 bits per heavy atom. The quantitative estimate of drug-likeness (QED) is 0.854. The molecular formula is C19H32N6O2. The maximum absolute atomic E-state index is 12.8. The Bertz CT molecular complexity index is 638. The molecule has 1 aliphatic heterocycles. The lowest BCUT2D eigenvalue weighted by Crippen LogP contribution is -2.51. The maximum Gasteiger partial charge on any atom is 0.317 e. The molecule has 1 N–H and O–H groups in total. The van der Waals surface area contributed by atoms with Crippen LogP contribution < -0.4 is 5.32 Å². The molecule has 1 unspecified atom stereocenters. The number of likely N-dealkylation sites (tertiary alicyclic amines) is 1. The van der Waals surface area contributed by atoms with Crippen LogP contribution in [0.25, 0.3) is 0 Å². The standard InChI is InChI=1S/C19H32N6O2/c1-23(2)18(26)17-14-24(22-21-17)13-11-16-10-6-7-12-25(16)19(27)20-15-8-4-3-5-9-15/h14-16H,3-13H2,1-2H3,(H,20,27). The van der Waals surface area contributed by atoms with E-state index in [2.05, 4.69) is 15.6 Å². The van der Waals surface area contributed by atoms with E-state index in [1.54, 1.807) is 25.0 Å². The summed E-state index contributed by atoms with van der Waals surface area (Å²) in [7, 11) is 3.40. The van der Waals surface area contributed by atoms with Crippen molar-refractivity contribution in [1.82, 2.24) is 30.1 Å². The van der Waals surface area contributed by atoms with Gasteiger partial charge in [0.05, 0.1) is 6.20 Å². The third kappa shape index (κ3) is 5.20. The van der Waals surface area contributed by atoms with E-state index in [-0.39, 0.29) is 18.0 Å². The molecule has 27 heavy (non-hydrogen) atoms. The van der Waals surface area contributed by atoms with Crippen molar-refractivity contribution in [3.63, 3.8) is 0 Å². The first-order valence-corrected chi connectivity index (χ1v) is 10.2. The van der Waals surface area contributed by atoms with Crippen LogP contribution in [0, 0.1) is 0 Å². The van der Waals surface area contributed by atoms with Crippen LogP contribution in [0.15, 0.2) is 6.20 Å². The van der Waals surface area contributed by atoms with E-state index in [0.717, 1.165) is 45.1 Å². The number of nitrogens with one attached hydrogen (secondary N) is 1. The molecule has 2 aliphatic rings. The summed E-state index contributed by atoms with van der Waals surface area (Å²) < 4.78 is 1.71. The monoisotopic (exact) mass is 376 g/mol. The molecule has 2 fully saturated rings. The Kier molecular flexibility index (Phi) is 6.68. The Balaban J connectivity index is 1.54. The summed E-state index contributed by atoms with van der Waals surface area (Å²) >= 11 is 0. The van der Waals surface area contributed by atoms with E-state index >= 15 is 0 Å². The number of hydrogen-bond acceptors (Lipinski definition) is 4. The van der Waals surface area contributed by atoms with Gasteiger partial charge in [0.25, 0.3) is 5.91 Å². The minimum atomic E-state index is -0.146. The van der Waals surface area contributed by atoms with Crippen molar-refractivity contribution in [2.45, 2.75) is 76.4 Å². The van der Waals surface area contributed by atoms with E-state index in [9.17, 15) is 9.59 Å². The zero-order valence-electron chi connectivity index (χ0n) is 16.6. The number of carbonyl (C=O) groups is 2. The minimum Gasteiger partial charge on any atom is -0.343 e. The molecule has 3 amide bonds. The summed E-state index contributed by atoms with van der Waals surface area (Å²) in [4.78, 5) is 28.2. The van der Waals surface area contributed by atoms with Crippen molar-refractivity contribution in [2.24, 2.45) is 0 Å². The number of aryl methyl sites for hydroxylation is 1. The molecule has 2 heterocycles. The first kappa shape index (κ1) is 19.6. The van der Waals surface area contributed by atoms with Crippen LogP contribution in [-0.2, 0) is 6.54 Å². The van der Waals surface area contributed by atoms with Crippen molar-refractivity contribution in [1.29, 1.82) is 0 Å². The smallest absolute Gasteiger partial charge is 0.317 e. The third-order valence-corrected chi connectivity index (χ3v) is 5.68. The highest BCUT2D eigenvalue weighted by Crippen LogP contribution is 2.22. The van der Waals surface area contributed by atoms with Crippen molar-refractivity contribution in [2.75, 3.05) is 20.6 Å². The second-order valence-electron chi connectivity index (χ2n) is 7.98. The normalized spacial score (nSPS) is 21.1.